The average molecular weight is 211 g/mol. The number of hydrogen-bond acceptors (Lipinski definition) is 3. The van der Waals surface area contributed by atoms with Gasteiger partial charge >= 0.3 is 5.97 Å². The molecule has 0 saturated heterocycles. The molecular formula is C11H17NO3. The van der Waals surface area contributed by atoms with Gasteiger partial charge in [-0.15, -0.1) is 0 Å². The van der Waals surface area contributed by atoms with Gasteiger partial charge in [-0.1, -0.05) is 27.2 Å². The van der Waals surface area contributed by atoms with Crippen LogP contribution < -0.4 is 0 Å². The first-order valence-electron chi connectivity index (χ1n) is 5.33. The summed E-state index contributed by atoms with van der Waals surface area (Å²) in [5.74, 6) is -0.302. The third-order valence-electron chi connectivity index (χ3n) is 2.39. The minimum Gasteiger partial charge on any atom is -0.475 e. The number of rotatable bonds is 5. The highest BCUT2D eigenvalue weighted by Crippen LogP contribution is 2.22. The largest absolute Gasteiger partial charge is 0.475 e. The average Bonchev–Trinajstić information content (AvgIpc) is 2.61. The van der Waals surface area contributed by atoms with Crippen LogP contribution in [-0.2, 0) is 6.42 Å². The molecule has 0 bridgehead atoms. The van der Waals surface area contributed by atoms with Crippen molar-refractivity contribution in [3.63, 3.8) is 0 Å². The molecule has 4 heteroatoms. The Labute approximate surface area is 89.3 Å². The summed E-state index contributed by atoms with van der Waals surface area (Å²) < 4.78 is 5.27. The number of carboxylic acids is 1. The van der Waals surface area contributed by atoms with Gasteiger partial charge in [0.15, 0.2) is 5.89 Å². The Kier molecular flexibility index (Phi) is 3.88. The number of aromatic nitrogens is 1. The molecule has 1 aromatic rings. The predicted molar refractivity (Wildman–Crippen MR) is 56.2 cm³/mol. The van der Waals surface area contributed by atoms with E-state index in [2.05, 4.69) is 11.9 Å². The Morgan fingerprint density at radius 1 is 1.53 bits per heavy atom. The fourth-order valence-corrected chi connectivity index (χ4v) is 1.54. The number of aryl methyl sites for hydroxylation is 1. The zero-order valence-corrected chi connectivity index (χ0v) is 9.41. The van der Waals surface area contributed by atoms with E-state index in [1.54, 1.807) is 0 Å². The Morgan fingerprint density at radius 2 is 2.20 bits per heavy atom. The highest BCUT2D eigenvalue weighted by molar-refractivity contribution is 5.85. The fraction of sp³-hybridized carbons (Fsp3) is 0.636. The molecule has 0 aliphatic heterocycles. The lowest BCUT2D eigenvalue weighted by Gasteiger charge is -2.03. The van der Waals surface area contributed by atoms with Crippen LogP contribution in [0.5, 0.6) is 0 Å². The normalized spacial score (nSPS) is 12.7. The molecule has 0 fully saturated rings. The van der Waals surface area contributed by atoms with Crippen LogP contribution in [0.15, 0.2) is 4.42 Å². The van der Waals surface area contributed by atoms with Gasteiger partial charge in [0.25, 0.3) is 0 Å². The number of oxazole rings is 1. The zero-order valence-electron chi connectivity index (χ0n) is 9.41. The van der Waals surface area contributed by atoms with Crippen LogP contribution in [0.25, 0.3) is 0 Å². The third-order valence-corrected chi connectivity index (χ3v) is 2.39. The number of hydrogen-bond donors (Lipinski definition) is 1. The molecule has 0 aliphatic carbocycles. The first kappa shape index (κ1) is 11.8. The molecule has 15 heavy (non-hydrogen) atoms. The molecule has 84 valence electrons. The third kappa shape index (κ3) is 2.58. The summed E-state index contributed by atoms with van der Waals surface area (Å²) in [6.45, 7) is 5.96. The van der Waals surface area contributed by atoms with Gasteiger partial charge in [0.2, 0.25) is 5.76 Å². The maximum absolute atomic E-state index is 10.8. The van der Waals surface area contributed by atoms with Gasteiger partial charge in [0.05, 0.1) is 5.69 Å². The molecule has 1 unspecified atom stereocenters. The van der Waals surface area contributed by atoms with Crippen LogP contribution >= 0.6 is 0 Å². The number of carbonyl (C=O) groups is 1. The van der Waals surface area contributed by atoms with E-state index < -0.39 is 5.97 Å². The summed E-state index contributed by atoms with van der Waals surface area (Å²) in [5.41, 5.74) is 0.542. The molecule has 1 N–H and O–H groups in total. The lowest BCUT2D eigenvalue weighted by molar-refractivity contribution is 0.0658. The summed E-state index contributed by atoms with van der Waals surface area (Å²) in [4.78, 5) is 15.1. The second kappa shape index (κ2) is 4.96. The van der Waals surface area contributed by atoms with Crippen molar-refractivity contribution in [3.8, 4) is 0 Å². The van der Waals surface area contributed by atoms with Gasteiger partial charge in [0.1, 0.15) is 0 Å². The molecule has 1 aromatic heterocycles. The summed E-state index contributed by atoms with van der Waals surface area (Å²) in [5, 5.41) is 8.89. The van der Waals surface area contributed by atoms with Gasteiger partial charge in [-0.05, 0) is 12.8 Å². The van der Waals surface area contributed by atoms with E-state index in [0.29, 0.717) is 18.0 Å². The first-order valence-corrected chi connectivity index (χ1v) is 5.33. The van der Waals surface area contributed by atoms with E-state index in [-0.39, 0.29) is 11.7 Å². The second-order valence-corrected chi connectivity index (χ2v) is 3.68. The van der Waals surface area contributed by atoms with E-state index in [1.165, 1.54) is 0 Å². The highest BCUT2D eigenvalue weighted by Gasteiger charge is 2.20. The Bertz CT molecular complexity index is 344. The monoisotopic (exact) mass is 211 g/mol. The fourth-order valence-electron chi connectivity index (χ4n) is 1.54. The van der Waals surface area contributed by atoms with Crippen LogP contribution in [0.3, 0.4) is 0 Å². The maximum atomic E-state index is 10.8. The van der Waals surface area contributed by atoms with E-state index in [0.717, 1.165) is 12.8 Å². The van der Waals surface area contributed by atoms with Gasteiger partial charge in [-0.3, -0.25) is 0 Å². The van der Waals surface area contributed by atoms with Crippen LogP contribution in [-0.4, -0.2) is 16.1 Å². The molecule has 1 atom stereocenters. The molecule has 1 heterocycles. The van der Waals surface area contributed by atoms with Crippen molar-refractivity contribution in [2.75, 3.05) is 0 Å². The smallest absolute Gasteiger partial charge is 0.373 e. The van der Waals surface area contributed by atoms with E-state index in [9.17, 15) is 4.79 Å². The molecule has 0 aliphatic rings. The van der Waals surface area contributed by atoms with E-state index in [1.807, 2.05) is 13.8 Å². The quantitative estimate of drug-likeness (QED) is 0.813. The summed E-state index contributed by atoms with van der Waals surface area (Å²) in [6, 6.07) is 0. The van der Waals surface area contributed by atoms with Crippen LogP contribution in [0.2, 0.25) is 0 Å². The molecule has 0 amide bonds. The summed E-state index contributed by atoms with van der Waals surface area (Å²) in [7, 11) is 0. The van der Waals surface area contributed by atoms with Gasteiger partial charge in [-0.25, -0.2) is 9.78 Å². The molecular weight excluding hydrogens is 194 g/mol. The van der Waals surface area contributed by atoms with Crippen molar-refractivity contribution in [1.82, 2.24) is 4.98 Å². The van der Waals surface area contributed by atoms with Crippen molar-refractivity contribution >= 4 is 5.97 Å². The van der Waals surface area contributed by atoms with Crippen molar-refractivity contribution in [1.29, 1.82) is 0 Å². The van der Waals surface area contributed by atoms with Crippen LogP contribution in [0.1, 0.15) is 61.7 Å². The van der Waals surface area contributed by atoms with Crippen molar-refractivity contribution in [3.05, 3.63) is 17.3 Å². The van der Waals surface area contributed by atoms with E-state index >= 15 is 0 Å². The molecule has 0 radical (unpaired) electrons. The lowest BCUT2D eigenvalue weighted by atomic mass is 10.1. The Balaban J connectivity index is 2.96. The van der Waals surface area contributed by atoms with Gasteiger partial charge in [-0.2, -0.15) is 0 Å². The van der Waals surface area contributed by atoms with Crippen molar-refractivity contribution in [2.24, 2.45) is 0 Å². The molecule has 0 saturated carbocycles. The first-order chi connectivity index (χ1) is 7.10. The lowest BCUT2D eigenvalue weighted by Crippen LogP contribution is -1.98. The minimum atomic E-state index is -1.03. The summed E-state index contributed by atoms with van der Waals surface area (Å²) >= 11 is 0. The standard InChI is InChI=1S/C11H17NO3/c1-4-6-7(3)10-12-8(5-2)9(15-10)11(13)14/h7H,4-6H2,1-3H3,(H,13,14). The predicted octanol–water partition coefficient (Wildman–Crippen LogP) is 2.84. The van der Waals surface area contributed by atoms with Crippen LogP contribution in [0.4, 0.5) is 0 Å². The van der Waals surface area contributed by atoms with Gasteiger partial charge < -0.3 is 9.52 Å². The molecule has 1 rings (SSSR count). The van der Waals surface area contributed by atoms with Crippen LogP contribution in [0, 0.1) is 0 Å². The van der Waals surface area contributed by atoms with E-state index in [4.69, 9.17) is 9.52 Å². The topological polar surface area (TPSA) is 63.3 Å². The molecule has 0 spiro atoms. The molecule has 0 aromatic carbocycles. The SMILES string of the molecule is CCCC(C)c1nc(CC)c(C(=O)O)o1. The van der Waals surface area contributed by atoms with Crippen molar-refractivity contribution in [2.45, 2.75) is 46.0 Å². The Hall–Kier alpha value is -1.32. The summed E-state index contributed by atoms with van der Waals surface area (Å²) in [6.07, 6.45) is 2.58. The Morgan fingerprint density at radius 3 is 2.60 bits per heavy atom. The molecule has 4 nitrogen and oxygen atoms in total. The number of carboxylic acid groups (broad SMARTS) is 1. The maximum Gasteiger partial charge on any atom is 0.373 e. The van der Waals surface area contributed by atoms with Gasteiger partial charge in [0, 0.05) is 5.92 Å². The second-order valence-electron chi connectivity index (χ2n) is 3.68. The number of nitrogens with zero attached hydrogens (tertiary/aromatic N) is 1. The highest BCUT2D eigenvalue weighted by atomic mass is 16.4. The number of aromatic carboxylic acids is 1. The van der Waals surface area contributed by atoms with Crippen molar-refractivity contribution < 1.29 is 14.3 Å². The minimum absolute atomic E-state index is 0.00421. The zero-order chi connectivity index (χ0) is 11.4.